The first kappa shape index (κ1) is 12.1. The second kappa shape index (κ2) is 4.85. The molecule has 0 bridgehead atoms. The van der Waals surface area contributed by atoms with E-state index in [1.165, 1.54) is 16.8 Å². The van der Waals surface area contributed by atoms with Crippen LogP contribution in [0.1, 0.15) is 16.0 Å². The molecular formula is C13H17N3S. The predicted molar refractivity (Wildman–Crippen MR) is 74.0 cm³/mol. The summed E-state index contributed by atoms with van der Waals surface area (Å²) in [6.45, 7) is 4.77. The van der Waals surface area contributed by atoms with Crippen molar-refractivity contribution in [2.24, 2.45) is 5.73 Å². The first-order valence-electron chi connectivity index (χ1n) is 5.57. The van der Waals surface area contributed by atoms with Crippen molar-refractivity contribution in [1.29, 1.82) is 0 Å². The van der Waals surface area contributed by atoms with Gasteiger partial charge in [0.2, 0.25) is 0 Å². The summed E-state index contributed by atoms with van der Waals surface area (Å²) in [5.41, 5.74) is 9.30. The van der Waals surface area contributed by atoms with Crippen molar-refractivity contribution in [3.8, 4) is 0 Å². The monoisotopic (exact) mass is 247 g/mol. The van der Waals surface area contributed by atoms with Crippen molar-refractivity contribution < 1.29 is 0 Å². The first-order valence-corrected chi connectivity index (χ1v) is 6.38. The normalized spacial score (nSPS) is 10.6. The minimum Gasteiger partial charge on any atom is -0.326 e. The highest BCUT2D eigenvalue weighted by atomic mass is 32.1. The lowest BCUT2D eigenvalue weighted by Crippen LogP contribution is -2.09. The van der Waals surface area contributed by atoms with E-state index in [9.17, 15) is 0 Å². The van der Waals surface area contributed by atoms with Crippen molar-refractivity contribution in [3.05, 3.63) is 40.4 Å². The van der Waals surface area contributed by atoms with E-state index in [-0.39, 0.29) is 0 Å². The highest BCUT2D eigenvalue weighted by Crippen LogP contribution is 2.29. The number of rotatable bonds is 3. The maximum atomic E-state index is 5.60. The molecule has 3 nitrogen and oxygen atoms in total. The zero-order valence-corrected chi connectivity index (χ0v) is 11.2. The summed E-state index contributed by atoms with van der Waals surface area (Å²) < 4.78 is 0. The van der Waals surface area contributed by atoms with Gasteiger partial charge in [-0.15, -0.1) is 11.3 Å². The smallest absolute Gasteiger partial charge is 0.189 e. The minimum atomic E-state index is 0.554. The van der Waals surface area contributed by atoms with Gasteiger partial charge in [0.15, 0.2) is 5.13 Å². The third-order valence-corrected chi connectivity index (χ3v) is 3.72. The minimum absolute atomic E-state index is 0.554. The van der Waals surface area contributed by atoms with Gasteiger partial charge in [0.1, 0.15) is 0 Å². The Morgan fingerprint density at radius 2 is 1.88 bits per heavy atom. The molecule has 0 atom stereocenters. The Hall–Kier alpha value is -1.39. The summed E-state index contributed by atoms with van der Waals surface area (Å²) in [6, 6.07) is 6.50. The Bertz CT molecular complexity index is 499. The second-order valence-corrected chi connectivity index (χ2v) is 5.31. The van der Waals surface area contributed by atoms with Crippen LogP contribution < -0.4 is 10.6 Å². The Labute approximate surface area is 106 Å². The molecule has 17 heavy (non-hydrogen) atoms. The molecule has 0 amide bonds. The zero-order chi connectivity index (χ0) is 12.4. The highest BCUT2D eigenvalue weighted by molar-refractivity contribution is 7.15. The molecule has 0 aliphatic rings. The number of aromatic nitrogens is 1. The maximum Gasteiger partial charge on any atom is 0.189 e. The summed E-state index contributed by atoms with van der Waals surface area (Å²) in [7, 11) is 2.04. The van der Waals surface area contributed by atoms with Crippen LogP contribution in [0.15, 0.2) is 24.4 Å². The lowest BCUT2D eigenvalue weighted by Gasteiger charge is -2.17. The molecule has 1 aromatic heterocycles. The lowest BCUT2D eigenvalue weighted by molar-refractivity contribution is 1.09. The molecule has 0 aliphatic carbocycles. The second-order valence-electron chi connectivity index (χ2n) is 4.22. The topological polar surface area (TPSA) is 42.2 Å². The van der Waals surface area contributed by atoms with Gasteiger partial charge in [-0.25, -0.2) is 4.98 Å². The molecule has 2 N–H and O–H groups in total. The van der Waals surface area contributed by atoms with Crippen molar-refractivity contribution in [2.75, 3.05) is 11.9 Å². The molecule has 0 aliphatic heterocycles. The van der Waals surface area contributed by atoms with Crippen molar-refractivity contribution in [2.45, 2.75) is 20.4 Å². The molecule has 0 fully saturated rings. The third-order valence-electron chi connectivity index (χ3n) is 2.62. The average Bonchev–Trinajstić information content (AvgIpc) is 2.75. The third kappa shape index (κ3) is 2.65. The van der Waals surface area contributed by atoms with Crippen LogP contribution in [0, 0.1) is 13.8 Å². The molecule has 4 heteroatoms. The molecule has 0 spiro atoms. The molecule has 0 saturated carbocycles. The first-order chi connectivity index (χ1) is 8.10. The van der Waals surface area contributed by atoms with Gasteiger partial charge in [-0.05, 0) is 37.1 Å². The van der Waals surface area contributed by atoms with E-state index in [2.05, 4.69) is 41.9 Å². The van der Waals surface area contributed by atoms with E-state index < -0.39 is 0 Å². The SMILES string of the molecule is Cc1cc(C)cc(N(C)c2ncc(CN)s2)c1. The molecule has 0 radical (unpaired) electrons. The summed E-state index contributed by atoms with van der Waals surface area (Å²) in [4.78, 5) is 7.60. The number of hydrogen-bond donors (Lipinski definition) is 1. The standard InChI is InChI=1S/C13H17N3S/c1-9-4-10(2)6-11(5-9)16(3)13-15-8-12(7-14)17-13/h4-6,8H,7,14H2,1-3H3. The van der Waals surface area contributed by atoms with Crippen molar-refractivity contribution in [3.63, 3.8) is 0 Å². The van der Waals surface area contributed by atoms with Crippen LogP contribution in [0.5, 0.6) is 0 Å². The number of benzene rings is 1. The molecule has 1 aromatic carbocycles. The van der Waals surface area contributed by atoms with Gasteiger partial charge in [-0.1, -0.05) is 6.07 Å². The number of hydrogen-bond acceptors (Lipinski definition) is 4. The van der Waals surface area contributed by atoms with Crippen LogP contribution in [0.25, 0.3) is 0 Å². The maximum absolute atomic E-state index is 5.60. The number of thiazole rings is 1. The van der Waals surface area contributed by atoms with Gasteiger partial charge in [0.25, 0.3) is 0 Å². The van der Waals surface area contributed by atoms with Crippen LogP contribution in [0.2, 0.25) is 0 Å². The fraction of sp³-hybridized carbons (Fsp3) is 0.308. The zero-order valence-electron chi connectivity index (χ0n) is 10.4. The molecule has 0 saturated heterocycles. The molecule has 2 rings (SSSR count). The van der Waals surface area contributed by atoms with Gasteiger partial charge < -0.3 is 10.6 Å². The highest BCUT2D eigenvalue weighted by Gasteiger charge is 2.09. The summed E-state index contributed by atoms with van der Waals surface area (Å²) in [5, 5.41) is 0.982. The average molecular weight is 247 g/mol. The molecule has 90 valence electrons. The van der Waals surface area contributed by atoms with E-state index >= 15 is 0 Å². The Kier molecular flexibility index (Phi) is 3.45. The van der Waals surface area contributed by atoms with E-state index in [0.29, 0.717) is 6.54 Å². The van der Waals surface area contributed by atoms with Crippen LogP contribution in [0.3, 0.4) is 0 Å². The van der Waals surface area contributed by atoms with Crippen LogP contribution in [-0.2, 0) is 6.54 Å². The number of aryl methyl sites for hydroxylation is 2. The van der Waals surface area contributed by atoms with E-state index in [4.69, 9.17) is 5.73 Å². The fourth-order valence-corrected chi connectivity index (χ4v) is 2.57. The fourth-order valence-electron chi connectivity index (χ4n) is 1.80. The molecule has 1 heterocycles. The lowest BCUT2D eigenvalue weighted by atomic mass is 10.1. The van der Waals surface area contributed by atoms with Gasteiger partial charge >= 0.3 is 0 Å². The largest absolute Gasteiger partial charge is 0.326 e. The van der Waals surface area contributed by atoms with Crippen LogP contribution >= 0.6 is 11.3 Å². The number of nitrogens with zero attached hydrogens (tertiary/aromatic N) is 2. The Morgan fingerprint density at radius 3 is 2.41 bits per heavy atom. The summed E-state index contributed by atoms with van der Waals surface area (Å²) in [5.74, 6) is 0. The Balaban J connectivity index is 2.32. The van der Waals surface area contributed by atoms with Crippen LogP contribution in [-0.4, -0.2) is 12.0 Å². The molecular weight excluding hydrogens is 230 g/mol. The van der Waals surface area contributed by atoms with E-state index in [1.807, 2.05) is 13.2 Å². The molecule has 2 aromatic rings. The number of nitrogens with two attached hydrogens (primary N) is 1. The van der Waals surface area contributed by atoms with Crippen molar-refractivity contribution >= 4 is 22.2 Å². The van der Waals surface area contributed by atoms with Gasteiger partial charge in [-0.3, -0.25) is 0 Å². The Morgan fingerprint density at radius 1 is 1.24 bits per heavy atom. The van der Waals surface area contributed by atoms with E-state index in [0.717, 1.165) is 10.0 Å². The summed E-state index contributed by atoms with van der Waals surface area (Å²) >= 11 is 1.64. The quantitative estimate of drug-likeness (QED) is 0.906. The van der Waals surface area contributed by atoms with Gasteiger partial charge in [0.05, 0.1) is 0 Å². The predicted octanol–water partition coefficient (Wildman–Crippen LogP) is 2.99. The molecule has 0 unspecified atom stereocenters. The number of anilines is 2. The van der Waals surface area contributed by atoms with Crippen LogP contribution in [0.4, 0.5) is 10.8 Å². The van der Waals surface area contributed by atoms with E-state index in [1.54, 1.807) is 11.3 Å². The van der Waals surface area contributed by atoms with Crippen molar-refractivity contribution in [1.82, 2.24) is 4.98 Å². The van der Waals surface area contributed by atoms with Gasteiger partial charge in [0, 0.05) is 30.4 Å². The van der Waals surface area contributed by atoms with Gasteiger partial charge in [-0.2, -0.15) is 0 Å². The summed E-state index contributed by atoms with van der Waals surface area (Å²) in [6.07, 6.45) is 1.85.